The van der Waals surface area contributed by atoms with Gasteiger partial charge in [0.05, 0.1) is 6.61 Å². The van der Waals surface area contributed by atoms with Crippen molar-refractivity contribution in [2.24, 2.45) is 0 Å². The highest BCUT2D eigenvalue weighted by Crippen LogP contribution is 2.10. The van der Waals surface area contributed by atoms with Crippen LogP contribution in [0.5, 0.6) is 0 Å². The van der Waals surface area contributed by atoms with Crippen LogP contribution < -0.4 is 0 Å². The van der Waals surface area contributed by atoms with E-state index in [-0.39, 0.29) is 12.0 Å². The Morgan fingerprint density at radius 2 is 2.07 bits per heavy atom. The fraction of sp³-hybridized carbons (Fsp3) is 0.909. The number of carbonyl (C=O) groups excluding carboxylic acids is 1. The maximum Gasteiger partial charge on any atom is 0.323 e. The van der Waals surface area contributed by atoms with Gasteiger partial charge in [-0.1, -0.05) is 0 Å². The summed E-state index contributed by atoms with van der Waals surface area (Å²) in [4.78, 5) is 13.6. The minimum Gasteiger partial charge on any atom is -0.465 e. The Balaban J connectivity index is 4.05. The van der Waals surface area contributed by atoms with Crippen LogP contribution in [0.2, 0.25) is 0 Å². The van der Waals surface area contributed by atoms with E-state index in [4.69, 9.17) is 4.74 Å². The number of esters is 1. The van der Waals surface area contributed by atoms with Gasteiger partial charge in [0, 0.05) is 6.04 Å². The van der Waals surface area contributed by atoms with E-state index in [9.17, 15) is 4.79 Å². The monoisotopic (exact) mass is 233 g/mol. The van der Waals surface area contributed by atoms with Gasteiger partial charge in [0.25, 0.3) is 0 Å². The van der Waals surface area contributed by atoms with Gasteiger partial charge in [0.15, 0.2) is 0 Å². The lowest BCUT2D eigenvalue weighted by Crippen LogP contribution is -2.42. The van der Waals surface area contributed by atoms with E-state index in [0.717, 1.165) is 12.2 Å². The molecular weight excluding hydrogens is 210 g/mol. The minimum absolute atomic E-state index is 0.129. The number of rotatable bonds is 7. The van der Waals surface area contributed by atoms with Gasteiger partial charge in [0.2, 0.25) is 0 Å². The molecule has 0 rings (SSSR count). The van der Waals surface area contributed by atoms with Crippen molar-refractivity contribution >= 4 is 17.7 Å². The molecule has 0 aromatic carbocycles. The quantitative estimate of drug-likeness (QED) is 0.629. The van der Waals surface area contributed by atoms with Crippen molar-refractivity contribution < 1.29 is 9.53 Å². The molecule has 0 amide bonds. The van der Waals surface area contributed by atoms with Crippen molar-refractivity contribution in [2.75, 3.05) is 25.7 Å². The molecule has 0 aromatic rings. The third-order valence-electron chi connectivity index (χ3n) is 2.67. The molecule has 3 nitrogen and oxygen atoms in total. The molecule has 0 radical (unpaired) electrons. The lowest BCUT2D eigenvalue weighted by atomic mass is 10.2. The predicted molar refractivity (Wildman–Crippen MR) is 66.3 cm³/mol. The topological polar surface area (TPSA) is 29.5 Å². The third kappa shape index (κ3) is 5.42. The molecule has 0 N–H and O–H groups in total. The fourth-order valence-corrected chi connectivity index (χ4v) is 1.88. The summed E-state index contributed by atoms with van der Waals surface area (Å²) < 4.78 is 4.99. The van der Waals surface area contributed by atoms with E-state index in [2.05, 4.69) is 18.1 Å². The Morgan fingerprint density at radius 3 is 2.53 bits per heavy atom. The average molecular weight is 233 g/mol. The van der Waals surface area contributed by atoms with Crippen molar-refractivity contribution in [1.29, 1.82) is 0 Å². The highest BCUT2D eigenvalue weighted by molar-refractivity contribution is 7.98. The first kappa shape index (κ1) is 14.8. The first-order valence-electron chi connectivity index (χ1n) is 5.42. The Hall–Kier alpha value is -0.220. The zero-order chi connectivity index (χ0) is 11.8. The van der Waals surface area contributed by atoms with Crippen LogP contribution in [-0.2, 0) is 9.53 Å². The number of ether oxygens (including phenoxy) is 1. The van der Waals surface area contributed by atoms with Crippen LogP contribution in [0.3, 0.4) is 0 Å². The van der Waals surface area contributed by atoms with Gasteiger partial charge in [-0.05, 0) is 46.2 Å². The number of thioether (sulfide) groups is 1. The van der Waals surface area contributed by atoms with E-state index >= 15 is 0 Å². The van der Waals surface area contributed by atoms with Crippen molar-refractivity contribution in [3.8, 4) is 0 Å². The van der Waals surface area contributed by atoms with Crippen LogP contribution in [0, 0.1) is 0 Å². The largest absolute Gasteiger partial charge is 0.465 e. The number of hydrogen-bond acceptors (Lipinski definition) is 4. The van der Waals surface area contributed by atoms with Gasteiger partial charge in [-0.2, -0.15) is 11.8 Å². The molecule has 0 aliphatic heterocycles. The maximum absolute atomic E-state index is 11.5. The Morgan fingerprint density at radius 1 is 1.47 bits per heavy atom. The molecule has 0 fully saturated rings. The van der Waals surface area contributed by atoms with Gasteiger partial charge >= 0.3 is 5.97 Å². The summed E-state index contributed by atoms with van der Waals surface area (Å²) >= 11 is 1.83. The molecule has 0 saturated carbocycles. The molecule has 0 aromatic heterocycles. The summed E-state index contributed by atoms with van der Waals surface area (Å²) in [5, 5.41) is 0. The van der Waals surface area contributed by atoms with Crippen LogP contribution in [0.1, 0.15) is 27.2 Å². The minimum atomic E-state index is -0.151. The number of nitrogens with zero attached hydrogens (tertiary/aromatic N) is 1. The predicted octanol–water partition coefficient (Wildman–Crippen LogP) is 2.01. The molecule has 0 aliphatic rings. The van der Waals surface area contributed by atoms with Crippen LogP contribution in [0.25, 0.3) is 0 Å². The van der Waals surface area contributed by atoms with Gasteiger partial charge in [-0.3, -0.25) is 9.69 Å². The molecule has 0 bridgehead atoms. The molecule has 0 spiro atoms. The van der Waals surface area contributed by atoms with Crippen LogP contribution in [0.15, 0.2) is 0 Å². The van der Waals surface area contributed by atoms with E-state index in [0.29, 0.717) is 12.6 Å². The van der Waals surface area contributed by atoms with E-state index in [1.165, 1.54) is 0 Å². The summed E-state index contributed by atoms with van der Waals surface area (Å²) in [7, 11) is 1.98. The van der Waals surface area contributed by atoms with Crippen molar-refractivity contribution in [3.05, 3.63) is 0 Å². The SMILES string of the molecule is CCOC(=O)C(C)N(C)C(C)CCSC. The standard InChI is InChI=1S/C11H23NO2S/c1-6-14-11(13)10(3)12(4)9(2)7-8-15-5/h9-10H,6-8H2,1-5H3. The maximum atomic E-state index is 11.5. The van der Waals surface area contributed by atoms with Crippen LogP contribution in [-0.4, -0.2) is 48.6 Å². The highest BCUT2D eigenvalue weighted by atomic mass is 32.2. The Labute approximate surface area is 97.5 Å². The van der Waals surface area contributed by atoms with E-state index < -0.39 is 0 Å². The van der Waals surface area contributed by atoms with Crippen LogP contribution >= 0.6 is 11.8 Å². The first-order chi connectivity index (χ1) is 7.04. The summed E-state index contributed by atoms with van der Waals surface area (Å²) in [6, 6.07) is 0.263. The Kier molecular flexibility index (Phi) is 7.88. The first-order valence-corrected chi connectivity index (χ1v) is 6.81. The molecule has 4 heteroatoms. The van der Waals surface area contributed by atoms with Gasteiger partial charge in [-0.25, -0.2) is 0 Å². The summed E-state index contributed by atoms with van der Waals surface area (Å²) in [6.07, 6.45) is 3.20. The number of carbonyl (C=O) groups is 1. The second kappa shape index (κ2) is 7.99. The zero-order valence-electron chi connectivity index (χ0n) is 10.4. The molecular formula is C11H23NO2S. The number of hydrogen-bond donors (Lipinski definition) is 0. The fourth-order valence-electron chi connectivity index (χ4n) is 1.30. The lowest BCUT2D eigenvalue weighted by Gasteiger charge is -2.29. The molecule has 0 saturated heterocycles. The second-order valence-electron chi connectivity index (χ2n) is 3.72. The Bertz CT molecular complexity index is 187. The third-order valence-corrected chi connectivity index (χ3v) is 3.32. The van der Waals surface area contributed by atoms with Crippen molar-refractivity contribution in [3.63, 3.8) is 0 Å². The molecule has 2 atom stereocenters. The van der Waals surface area contributed by atoms with Crippen molar-refractivity contribution in [1.82, 2.24) is 4.90 Å². The summed E-state index contributed by atoms with van der Waals surface area (Å²) in [5.74, 6) is 0.997. The van der Waals surface area contributed by atoms with Gasteiger partial charge in [0.1, 0.15) is 6.04 Å². The highest BCUT2D eigenvalue weighted by Gasteiger charge is 2.22. The smallest absolute Gasteiger partial charge is 0.323 e. The zero-order valence-corrected chi connectivity index (χ0v) is 11.3. The second-order valence-corrected chi connectivity index (χ2v) is 4.71. The molecule has 2 unspecified atom stereocenters. The van der Waals surface area contributed by atoms with Gasteiger partial charge < -0.3 is 4.74 Å². The van der Waals surface area contributed by atoms with E-state index in [1.54, 1.807) is 0 Å². The normalized spacial score (nSPS) is 15.1. The lowest BCUT2D eigenvalue weighted by molar-refractivity contribution is -0.149. The number of likely N-dealkylation sites (N-methyl/N-ethyl adjacent to an activating group) is 1. The molecule has 90 valence electrons. The molecule has 15 heavy (non-hydrogen) atoms. The summed E-state index contributed by atoms with van der Waals surface area (Å²) in [6.45, 7) is 6.33. The van der Waals surface area contributed by atoms with E-state index in [1.807, 2.05) is 32.7 Å². The van der Waals surface area contributed by atoms with Crippen LogP contribution in [0.4, 0.5) is 0 Å². The average Bonchev–Trinajstić information content (AvgIpc) is 2.24. The molecule has 0 aliphatic carbocycles. The molecule has 0 heterocycles. The summed E-state index contributed by atoms with van der Waals surface area (Å²) in [5.41, 5.74) is 0. The van der Waals surface area contributed by atoms with Gasteiger partial charge in [-0.15, -0.1) is 0 Å². The van der Waals surface area contributed by atoms with Crippen molar-refractivity contribution in [2.45, 2.75) is 39.3 Å².